The Bertz CT molecular complexity index is 1580. The minimum Gasteiger partial charge on any atom is -0.460 e. The van der Waals surface area contributed by atoms with E-state index in [2.05, 4.69) is 42.5 Å². The number of nitrogens with one attached hydrogen (secondary N) is 2. The molecule has 5 nitrogen and oxygen atoms in total. The highest BCUT2D eigenvalue weighted by molar-refractivity contribution is 9.10. The summed E-state index contributed by atoms with van der Waals surface area (Å²) in [4.78, 5) is 11.5. The van der Waals surface area contributed by atoms with Gasteiger partial charge in [0.2, 0.25) is 0 Å². The quantitative estimate of drug-likeness (QED) is 0.202. The van der Waals surface area contributed by atoms with Crippen molar-refractivity contribution in [2.45, 2.75) is 38.9 Å². The van der Waals surface area contributed by atoms with E-state index < -0.39 is 17.3 Å². The molecule has 0 spiro atoms. The van der Waals surface area contributed by atoms with E-state index in [4.69, 9.17) is 21.7 Å². The number of ether oxygens (including phenoxy) is 2. The summed E-state index contributed by atoms with van der Waals surface area (Å²) in [5.74, 6) is -0.576. The number of amides is 1. The Hall–Kier alpha value is -3.34. The summed E-state index contributed by atoms with van der Waals surface area (Å²) in [6, 6.07) is 21.0. The van der Waals surface area contributed by atoms with E-state index >= 15 is 0 Å². The summed E-state index contributed by atoms with van der Waals surface area (Å²) >= 11 is 11.7. The Balaban J connectivity index is 0.000000168. The summed E-state index contributed by atoms with van der Waals surface area (Å²) in [5, 5.41) is 6.08. The van der Waals surface area contributed by atoms with Crippen LogP contribution in [0.5, 0.6) is 0 Å². The Morgan fingerprint density at radius 2 is 1.10 bits per heavy atom. The number of carbonyl (C=O) groups is 1. The number of halogens is 4. The lowest BCUT2D eigenvalue weighted by Crippen LogP contribution is -2.34. The molecular weight excluding hydrogens is 690 g/mol. The largest absolute Gasteiger partial charge is 0.460 e. The number of thiocarbonyl (C=S) groups is 1. The second-order valence-electron chi connectivity index (χ2n) is 10.9. The third-order valence-corrected chi connectivity index (χ3v) is 8.00. The number of hydrogen-bond acceptors (Lipinski definition) is 4. The first kappa shape index (κ1) is 30.1. The van der Waals surface area contributed by atoms with E-state index in [1.54, 1.807) is 0 Å². The number of hydrogen-bond donors (Lipinski definition) is 2. The van der Waals surface area contributed by atoms with Crippen LogP contribution in [-0.2, 0) is 20.7 Å². The number of carbonyl (C=O) groups excluding carboxylic acids is 1. The second kappa shape index (κ2) is 11.4. The minimum absolute atomic E-state index is 0.271. The summed E-state index contributed by atoms with van der Waals surface area (Å²) in [5.41, 5.74) is 5.63. The highest BCUT2D eigenvalue weighted by Gasteiger charge is 2.34. The van der Waals surface area contributed by atoms with E-state index in [-0.39, 0.29) is 11.6 Å². The zero-order chi connectivity index (χ0) is 30.4. The van der Waals surface area contributed by atoms with E-state index in [0.717, 1.165) is 44.8 Å². The molecule has 0 unspecified atom stereocenters. The van der Waals surface area contributed by atoms with Gasteiger partial charge in [-0.2, -0.15) is 0 Å². The van der Waals surface area contributed by atoms with Crippen LogP contribution in [0.25, 0.3) is 22.3 Å². The van der Waals surface area contributed by atoms with Crippen LogP contribution in [0.1, 0.15) is 38.8 Å². The number of cyclic esters (lactones) is 1. The first-order valence-electron chi connectivity index (χ1n) is 12.9. The lowest BCUT2D eigenvalue weighted by Gasteiger charge is -2.34. The van der Waals surface area contributed by atoms with E-state index in [9.17, 15) is 13.6 Å². The fraction of sp³-hybridized carbons (Fsp3) is 0.188. The van der Waals surface area contributed by atoms with Gasteiger partial charge in [0.25, 0.3) is 5.17 Å². The third kappa shape index (κ3) is 6.50. The molecule has 2 aliphatic heterocycles. The molecule has 0 atom stereocenters. The molecule has 4 aromatic carbocycles. The standard InChI is InChI=1S/C16H13BrFNO2.C16H13BrFNOS/c1-16(2)13-7-9(3-4-14(13)19-15(20)21-16)10-5-11(17)8-12(18)6-10;1-16(2)13-7-9(3-4-14(13)19-15(21)20-16)10-5-11(17)8-12(18)6-10/h3-8H,1-2H3,(H,19,20);3-8H,1-2H3,(H,19,21). The van der Waals surface area contributed by atoms with Crippen molar-refractivity contribution < 1.29 is 23.0 Å². The van der Waals surface area contributed by atoms with Crippen LogP contribution in [-0.4, -0.2) is 11.3 Å². The summed E-state index contributed by atoms with van der Waals surface area (Å²) in [6.07, 6.45) is -0.464. The van der Waals surface area contributed by atoms with Gasteiger partial charge >= 0.3 is 6.09 Å². The molecule has 2 aliphatic rings. The van der Waals surface area contributed by atoms with Crippen molar-refractivity contribution in [1.29, 1.82) is 0 Å². The topological polar surface area (TPSA) is 59.6 Å². The molecule has 0 aliphatic carbocycles. The van der Waals surface area contributed by atoms with Crippen molar-refractivity contribution >= 4 is 66.7 Å². The van der Waals surface area contributed by atoms with Crippen LogP contribution in [0.4, 0.5) is 25.0 Å². The Morgan fingerprint density at radius 3 is 1.57 bits per heavy atom. The zero-order valence-corrected chi connectivity index (χ0v) is 27.1. The maximum atomic E-state index is 13.6. The maximum Gasteiger partial charge on any atom is 0.412 e. The molecule has 2 N–H and O–H groups in total. The fourth-order valence-corrected chi connectivity index (χ4v) is 6.20. The smallest absolute Gasteiger partial charge is 0.412 e. The van der Waals surface area contributed by atoms with Gasteiger partial charge in [-0.15, -0.1) is 0 Å². The normalized spacial score (nSPS) is 15.9. The number of rotatable bonds is 2. The van der Waals surface area contributed by atoms with Gasteiger partial charge in [-0.25, -0.2) is 13.6 Å². The molecule has 0 fully saturated rings. The second-order valence-corrected chi connectivity index (χ2v) is 13.1. The molecule has 10 heteroatoms. The molecule has 4 aromatic rings. The highest BCUT2D eigenvalue weighted by Crippen LogP contribution is 2.40. The molecule has 6 rings (SSSR count). The van der Waals surface area contributed by atoms with E-state index in [0.29, 0.717) is 14.1 Å². The maximum absolute atomic E-state index is 13.6. The predicted octanol–water partition coefficient (Wildman–Crippen LogP) is 10.3. The van der Waals surface area contributed by atoms with Crippen LogP contribution < -0.4 is 10.6 Å². The van der Waals surface area contributed by atoms with Gasteiger partial charge in [0, 0.05) is 25.8 Å². The molecule has 0 bridgehead atoms. The van der Waals surface area contributed by atoms with Crippen molar-refractivity contribution in [3.63, 3.8) is 0 Å². The van der Waals surface area contributed by atoms with Crippen LogP contribution in [0.3, 0.4) is 0 Å². The highest BCUT2D eigenvalue weighted by atomic mass is 79.9. The summed E-state index contributed by atoms with van der Waals surface area (Å²) in [7, 11) is 0. The third-order valence-electron chi connectivity index (χ3n) is 6.90. The zero-order valence-electron chi connectivity index (χ0n) is 23.1. The van der Waals surface area contributed by atoms with E-state index in [1.807, 2.05) is 76.2 Å². The molecular formula is C32H26Br2F2N2O3S. The van der Waals surface area contributed by atoms with Crippen molar-refractivity contribution in [1.82, 2.24) is 0 Å². The molecule has 0 saturated carbocycles. The van der Waals surface area contributed by atoms with Gasteiger partial charge in [0.05, 0.1) is 5.69 Å². The minimum atomic E-state index is -0.724. The molecule has 0 saturated heterocycles. The van der Waals surface area contributed by atoms with Crippen LogP contribution in [0, 0.1) is 11.6 Å². The Morgan fingerprint density at radius 1 is 0.643 bits per heavy atom. The first-order chi connectivity index (χ1) is 19.7. The molecule has 42 heavy (non-hydrogen) atoms. The van der Waals surface area contributed by atoms with Crippen LogP contribution in [0.2, 0.25) is 0 Å². The fourth-order valence-electron chi connectivity index (χ4n) is 4.95. The van der Waals surface area contributed by atoms with Gasteiger partial charge in [0.15, 0.2) is 0 Å². The molecule has 216 valence electrons. The van der Waals surface area contributed by atoms with Crippen molar-refractivity contribution in [2.75, 3.05) is 10.6 Å². The summed E-state index contributed by atoms with van der Waals surface area (Å²) < 4.78 is 39.5. The molecule has 2 heterocycles. The van der Waals surface area contributed by atoms with Gasteiger partial charge in [-0.05, 0) is 123 Å². The summed E-state index contributed by atoms with van der Waals surface area (Å²) in [6.45, 7) is 7.58. The SMILES string of the molecule is CC1(C)OC(=O)Nc2ccc(-c3cc(F)cc(Br)c3)cc21.CC1(C)OC(=S)Nc2ccc(-c3cc(F)cc(Br)c3)cc21. The van der Waals surface area contributed by atoms with Crippen molar-refractivity contribution in [3.05, 3.63) is 105 Å². The van der Waals surface area contributed by atoms with Crippen molar-refractivity contribution in [2.24, 2.45) is 0 Å². The number of fused-ring (bicyclic) bond motifs is 2. The molecule has 0 aromatic heterocycles. The van der Waals surface area contributed by atoms with Crippen molar-refractivity contribution in [3.8, 4) is 22.3 Å². The Labute approximate surface area is 264 Å². The molecule has 0 radical (unpaired) electrons. The average molecular weight is 716 g/mol. The van der Waals surface area contributed by atoms with Crippen LogP contribution >= 0.6 is 44.1 Å². The van der Waals surface area contributed by atoms with Gasteiger partial charge < -0.3 is 14.8 Å². The van der Waals surface area contributed by atoms with Crippen LogP contribution in [0.15, 0.2) is 81.7 Å². The lowest BCUT2D eigenvalue weighted by molar-refractivity contribution is 0.0421. The number of benzene rings is 4. The van der Waals surface area contributed by atoms with Gasteiger partial charge in [-0.3, -0.25) is 5.32 Å². The lowest BCUT2D eigenvalue weighted by atomic mass is 9.91. The first-order valence-corrected chi connectivity index (χ1v) is 14.9. The number of anilines is 2. The molecule has 1 amide bonds. The van der Waals surface area contributed by atoms with Gasteiger partial charge in [-0.1, -0.05) is 44.0 Å². The predicted molar refractivity (Wildman–Crippen MR) is 173 cm³/mol. The monoisotopic (exact) mass is 714 g/mol. The average Bonchev–Trinajstić information content (AvgIpc) is 2.86. The van der Waals surface area contributed by atoms with E-state index in [1.165, 1.54) is 24.3 Å². The van der Waals surface area contributed by atoms with Gasteiger partial charge in [0.1, 0.15) is 22.8 Å². The Kier molecular flexibility index (Phi) is 8.17.